The standard InChI is InChI=1S/C21H17F3N6O/c1-2-16(31)30-8-7-21(30)9-29(10-21)15-6-5-14-19(28-15)20(26-11-25-14)27-13-4-3-12(22)17(23)18(13)24/h2-6,11H,1,7-10H2,(H,25,26,27). The van der Waals surface area contributed by atoms with E-state index in [1.807, 2.05) is 15.9 Å². The number of carbonyl (C=O) groups is 1. The smallest absolute Gasteiger partial charge is 0.246 e. The van der Waals surface area contributed by atoms with Crippen LogP contribution in [0.5, 0.6) is 0 Å². The molecule has 0 bridgehead atoms. The summed E-state index contributed by atoms with van der Waals surface area (Å²) in [6.07, 6.45) is 3.52. The number of nitrogens with zero attached hydrogens (tertiary/aromatic N) is 5. The molecule has 1 aromatic carbocycles. The third-order valence-corrected chi connectivity index (χ3v) is 5.86. The lowest BCUT2D eigenvalue weighted by Gasteiger charge is -2.62. The number of hydrogen-bond donors (Lipinski definition) is 1. The molecule has 2 saturated heterocycles. The van der Waals surface area contributed by atoms with Gasteiger partial charge in [0.25, 0.3) is 0 Å². The second kappa shape index (κ2) is 6.93. The van der Waals surface area contributed by atoms with Crippen molar-refractivity contribution in [2.45, 2.75) is 12.0 Å². The third-order valence-electron chi connectivity index (χ3n) is 5.86. The first-order chi connectivity index (χ1) is 14.9. The molecule has 0 radical (unpaired) electrons. The lowest BCUT2D eigenvalue weighted by molar-refractivity contribution is -0.144. The molecule has 158 valence electrons. The van der Waals surface area contributed by atoms with Crippen molar-refractivity contribution in [3.8, 4) is 0 Å². The number of carbonyl (C=O) groups excluding carboxylic acids is 1. The molecule has 4 heterocycles. The van der Waals surface area contributed by atoms with Crippen molar-refractivity contribution in [2.24, 2.45) is 0 Å². The molecule has 31 heavy (non-hydrogen) atoms. The van der Waals surface area contributed by atoms with Gasteiger partial charge in [0.05, 0.1) is 16.7 Å². The molecule has 0 saturated carbocycles. The summed E-state index contributed by atoms with van der Waals surface area (Å²) < 4.78 is 40.9. The minimum absolute atomic E-state index is 0.0780. The van der Waals surface area contributed by atoms with Gasteiger partial charge in [-0.3, -0.25) is 4.79 Å². The van der Waals surface area contributed by atoms with Crippen LogP contribution in [-0.2, 0) is 4.79 Å². The first-order valence-corrected chi connectivity index (χ1v) is 9.63. The van der Waals surface area contributed by atoms with Crippen LogP contribution in [0.2, 0.25) is 0 Å². The highest BCUT2D eigenvalue weighted by molar-refractivity contribution is 5.90. The highest BCUT2D eigenvalue weighted by Gasteiger charge is 2.55. The monoisotopic (exact) mass is 426 g/mol. The lowest BCUT2D eigenvalue weighted by atomic mass is 9.77. The van der Waals surface area contributed by atoms with Crippen molar-refractivity contribution in [3.63, 3.8) is 0 Å². The topological polar surface area (TPSA) is 74.2 Å². The van der Waals surface area contributed by atoms with E-state index in [2.05, 4.69) is 26.8 Å². The quantitative estimate of drug-likeness (QED) is 0.510. The summed E-state index contributed by atoms with van der Waals surface area (Å²) >= 11 is 0. The SMILES string of the molecule is C=CC(=O)N1CCC12CN(c1ccc3ncnc(Nc4ccc(F)c(F)c4F)c3n1)C2. The zero-order valence-electron chi connectivity index (χ0n) is 16.3. The van der Waals surface area contributed by atoms with Crippen molar-refractivity contribution in [1.29, 1.82) is 0 Å². The zero-order chi connectivity index (χ0) is 21.8. The fourth-order valence-electron chi connectivity index (χ4n) is 4.10. The minimum Gasteiger partial charge on any atom is -0.352 e. The minimum atomic E-state index is -1.57. The Morgan fingerprint density at radius 1 is 1.13 bits per heavy atom. The van der Waals surface area contributed by atoms with Gasteiger partial charge in [0.2, 0.25) is 5.91 Å². The van der Waals surface area contributed by atoms with E-state index in [1.165, 1.54) is 12.4 Å². The number of anilines is 3. The number of rotatable bonds is 4. The van der Waals surface area contributed by atoms with Crippen LogP contribution in [0.3, 0.4) is 0 Å². The Kier molecular flexibility index (Phi) is 4.31. The summed E-state index contributed by atoms with van der Waals surface area (Å²) in [6.45, 7) is 5.54. The first-order valence-electron chi connectivity index (χ1n) is 9.63. The third kappa shape index (κ3) is 2.97. The van der Waals surface area contributed by atoms with Crippen LogP contribution < -0.4 is 10.2 Å². The fraction of sp³-hybridized carbons (Fsp3) is 0.238. The summed E-state index contributed by atoms with van der Waals surface area (Å²) in [7, 11) is 0. The van der Waals surface area contributed by atoms with Gasteiger partial charge in [0.1, 0.15) is 17.7 Å². The average molecular weight is 426 g/mol. The molecular formula is C21H17F3N6O. The maximum Gasteiger partial charge on any atom is 0.246 e. The predicted octanol–water partition coefficient (Wildman–Crippen LogP) is 3.16. The van der Waals surface area contributed by atoms with Crippen molar-refractivity contribution < 1.29 is 18.0 Å². The molecule has 0 atom stereocenters. The van der Waals surface area contributed by atoms with Gasteiger partial charge in [-0.15, -0.1) is 0 Å². The summed E-state index contributed by atoms with van der Waals surface area (Å²) in [5.41, 5.74) is 0.414. The summed E-state index contributed by atoms with van der Waals surface area (Å²) in [5.74, 6) is -3.45. The molecule has 2 fully saturated rings. The second-order valence-electron chi connectivity index (χ2n) is 7.63. The number of likely N-dealkylation sites (tertiary alicyclic amines) is 1. The fourth-order valence-corrected chi connectivity index (χ4v) is 4.10. The molecule has 1 amide bonds. The second-order valence-corrected chi connectivity index (χ2v) is 7.63. The molecule has 2 aliphatic heterocycles. The van der Waals surface area contributed by atoms with E-state index < -0.39 is 17.5 Å². The predicted molar refractivity (Wildman–Crippen MR) is 108 cm³/mol. The number of fused-ring (bicyclic) bond motifs is 1. The number of amides is 1. The number of aromatic nitrogens is 3. The number of hydrogen-bond acceptors (Lipinski definition) is 6. The van der Waals surface area contributed by atoms with E-state index in [-0.39, 0.29) is 23.0 Å². The van der Waals surface area contributed by atoms with E-state index in [4.69, 9.17) is 0 Å². The van der Waals surface area contributed by atoms with E-state index >= 15 is 0 Å². The summed E-state index contributed by atoms with van der Waals surface area (Å²) in [6, 6.07) is 5.48. The normalized spacial score (nSPS) is 16.7. The number of nitrogens with one attached hydrogen (secondary N) is 1. The van der Waals surface area contributed by atoms with Crippen molar-refractivity contribution >= 4 is 34.3 Å². The van der Waals surface area contributed by atoms with E-state index in [0.717, 1.165) is 18.6 Å². The summed E-state index contributed by atoms with van der Waals surface area (Å²) in [4.78, 5) is 28.7. The molecule has 3 aromatic rings. The van der Waals surface area contributed by atoms with Gasteiger partial charge in [0.15, 0.2) is 23.3 Å². The van der Waals surface area contributed by atoms with Gasteiger partial charge in [-0.25, -0.2) is 28.1 Å². The molecule has 2 aromatic heterocycles. The Labute approximate surface area is 175 Å². The van der Waals surface area contributed by atoms with E-state index in [1.54, 1.807) is 6.07 Å². The van der Waals surface area contributed by atoms with Gasteiger partial charge in [0, 0.05) is 19.6 Å². The Bertz CT molecular complexity index is 1230. The number of benzene rings is 1. The van der Waals surface area contributed by atoms with Crippen molar-refractivity contribution in [2.75, 3.05) is 29.9 Å². The molecule has 0 unspecified atom stereocenters. The van der Waals surface area contributed by atoms with Crippen LogP contribution in [0.15, 0.2) is 43.2 Å². The molecule has 7 nitrogen and oxygen atoms in total. The number of pyridine rings is 1. The molecular weight excluding hydrogens is 409 g/mol. The largest absolute Gasteiger partial charge is 0.352 e. The molecule has 1 spiro atoms. The molecule has 0 aliphatic carbocycles. The Morgan fingerprint density at radius 2 is 1.94 bits per heavy atom. The maximum atomic E-state index is 14.1. The Balaban J connectivity index is 1.43. The molecule has 2 aliphatic rings. The van der Waals surface area contributed by atoms with Gasteiger partial charge in [-0.2, -0.15) is 0 Å². The number of halogens is 3. The molecule has 10 heteroatoms. The van der Waals surface area contributed by atoms with Gasteiger partial charge in [-0.05, 0) is 36.8 Å². The highest BCUT2D eigenvalue weighted by atomic mass is 19.2. The van der Waals surface area contributed by atoms with Crippen LogP contribution in [0, 0.1) is 17.5 Å². The lowest BCUT2D eigenvalue weighted by Crippen LogP contribution is -2.78. The Hall–Kier alpha value is -3.69. The summed E-state index contributed by atoms with van der Waals surface area (Å²) in [5, 5.41) is 2.68. The van der Waals surface area contributed by atoms with Crippen LogP contribution in [0.1, 0.15) is 6.42 Å². The van der Waals surface area contributed by atoms with E-state index in [0.29, 0.717) is 36.5 Å². The Morgan fingerprint density at radius 3 is 2.65 bits per heavy atom. The van der Waals surface area contributed by atoms with Crippen LogP contribution in [0.4, 0.5) is 30.5 Å². The molecule has 1 N–H and O–H groups in total. The first kappa shape index (κ1) is 19.3. The van der Waals surface area contributed by atoms with Crippen molar-refractivity contribution in [3.05, 3.63) is 60.7 Å². The maximum absolute atomic E-state index is 14.1. The molecule has 5 rings (SSSR count). The van der Waals surface area contributed by atoms with E-state index in [9.17, 15) is 18.0 Å². The highest BCUT2D eigenvalue weighted by Crippen LogP contribution is 2.41. The van der Waals surface area contributed by atoms with Gasteiger partial charge in [-0.1, -0.05) is 6.58 Å². The zero-order valence-corrected chi connectivity index (χ0v) is 16.3. The van der Waals surface area contributed by atoms with Gasteiger partial charge < -0.3 is 15.1 Å². The van der Waals surface area contributed by atoms with Crippen LogP contribution >= 0.6 is 0 Å². The van der Waals surface area contributed by atoms with Crippen LogP contribution in [0.25, 0.3) is 11.0 Å². The van der Waals surface area contributed by atoms with Gasteiger partial charge >= 0.3 is 0 Å². The van der Waals surface area contributed by atoms with Crippen LogP contribution in [-0.4, -0.2) is 50.9 Å². The van der Waals surface area contributed by atoms with Crippen molar-refractivity contribution in [1.82, 2.24) is 19.9 Å². The average Bonchev–Trinajstić information content (AvgIpc) is 2.72.